The molecule has 1 aliphatic rings. The summed E-state index contributed by atoms with van der Waals surface area (Å²) < 4.78 is 0. The minimum atomic E-state index is -0.227. The summed E-state index contributed by atoms with van der Waals surface area (Å²) in [7, 11) is 0. The van der Waals surface area contributed by atoms with E-state index in [1.54, 1.807) is 24.3 Å². The number of carbonyl (C=O) groups excluding carboxylic acids is 3. The Balaban J connectivity index is 1.44. The van der Waals surface area contributed by atoms with Gasteiger partial charge in [0, 0.05) is 13.1 Å². The summed E-state index contributed by atoms with van der Waals surface area (Å²) in [5, 5.41) is 2.97. The highest BCUT2D eigenvalue weighted by Crippen LogP contribution is 2.22. The highest BCUT2D eigenvalue weighted by atomic mass is 16.2. The lowest BCUT2D eigenvalue weighted by atomic mass is 9.95. The minimum absolute atomic E-state index is 0.0180. The van der Waals surface area contributed by atoms with Crippen LogP contribution in [0.4, 0.5) is 0 Å². The molecule has 0 saturated carbocycles. The third-order valence-electron chi connectivity index (χ3n) is 4.91. The Morgan fingerprint density at radius 1 is 0.926 bits per heavy atom. The molecule has 2 aromatic rings. The largest absolute Gasteiger partial charge is 0.356 e. The fourth-order valence-electron chi connectivity index (χ4n) is 3.43. The number of hydrogen-bond donors (Lipinski definition) is 1. The van der Waals surface area contributed by atoms with Crippen LogP contribution in [0, 0.1) is 0 Å². The van der Waals surface area contributed by atoms with Crippen molar-refractivity contribution < 1.29 is 14.4 Å². The Morgan fingerprint density at radius 3 is 2.11 bits per heavy atom. The topological polar surface area (TPSA) is 66.5 Å². The second-order valence-electron chi connectivity index (χ2n) is 6.68. The number of carbonyl (C=O) groups is 3. The van der Waals surface area contributed by atoms with Gasteiger partial charge < -0.3 is 5.32 Å². The van der Waals surface area contributed by atoms with Crippen LogP contribution in [0.1, 0.15) is 58.4 Å². The zero-order valence-corrected chi connectivity index (χ0v) is 15.5. The number of nitrogens with zero attached hydrogens (tertiary/aromatic N) is 1. The minimum Gasteiger partial charge on any atom is -0.356 e. The Morgan fingerprint density at radius 2 is 1.52 bits per heavy atom. The molecule has 1 heterocycles. The molecule has 0 aromatic heterocycles. The number of rotatable bonds is 8. The van der Waals surface area contributed by atoms with Crippen molar-refractivity contribution in [3.63, 3.8) is 0 Å². The molecule has 2 aromatic carbocycles. The van der Waals surface area contributed by atoms with E-state index in [2.05, 4.69) is 5.32 Å². The molecule has 140 valence electrons. The molecule has 5 nitrogen and oxygen atoms in total. The molecule has 0 bridgehead atoms. The van der Waals surface area contributed by atoms with Crippen molar-refractivity contribution in [1.82, 2.24) is 10.2 Å². The Labute approximate surface area is 159 Å². The van der Waals surface area contributed by atoms with Gasteiger partial charge >= 0.3 is 0 Å². The van der Waals surface area contributed by atoms with Crippen molar-refractivity contribution in [3.05, 3.63) is 71.3 Å². The molecule has 3 amide bonds. The van der Waals surface area contributed by atoms with E-state index in [1.165, 1.54) is 4.90 Å². The summed E-state index contributed by atoms with van der Waals surface area (Å²) in [6.07, 6.45) is 2.11. The molecule has 0 fully saturated rings. The van der Waals surface area contributed by atoms with Gasteiger partial charge in [0.05, 0.1) is 17.0 Å². The monoisotopic (exact) mass is 364 g/mol. The third-order valence-corrected chi connectivity index (χ3v) is 4.91. The van der Waals surface area contributed by atoms with Crippen molar-refractivity contribution in [3.8, 4) is 0 Å². The van der Waals surface area contributed by atoms with Gasteiger partial charge in [0.25, 0.3) is 11.8 Å². The molecular formula is C22H24N2O3. The number of unbranched alkanes of at least 4 members (excludes halogenated alkanes) is 1. The van der Waals surface area contributed by atoms with E-state index >= 15 is 0 Å². The first-order valence-corrected chi connectivity index (χ1v) is 9.41. The van der Waals surface area contributed by atoms with Gasteiger partial charge in [-0.15, -0.1) is 0 Å². The van der Waals surface area contributed by atoms with Crippen LogP contribution in [-0.4, -0.2) is 35.7 Å². The van der Waals surface area contributed by atoms with Gasteiger partial charge in [-0.3, -0.25) is 19.3 Å². The van der Waals surface area contributed by atoms with Gasteiger partial charge in [-0.1, -0.05) is 49.4 Å². The maximum absolute atomic E-state index is 12.4. The summed E-state index contributed by atoms with van der Waals surface area (Å²) in [6, 6.07) is 16.6. The van der Waals surface area contributed by atoms with Crippen molar-refractivity contribution in [1.29, 1.82) is 0 Å². The van der Waals surface area contributed by atoms with Crippen LogP contribution < -0.4 is 5.32 Å². The maximum atomic E-state index is 12.4. The number of benzene rings is 2. The molecule has 27 heavy (non-hydrogen) atoms. The number of amides is 3. The lowest BCUT2D eigenvalue weighted by molar-refractivity contribution is -0.122. The van der Waals surface area contributed by atoms with Crippen LogP contribution in [0.5, 0.6) is 0 Å². The fourth-order valence-corrected chi connectivity index (χ4v) is 3.43. The van der Waals surface area contributed by atoms with Gasteiger partial charge in [0.1, 0.15) is 0 Å². The van der Waals surface area contributed by atoms with Gasteiger partial charge in [-0.2, -0.15) is 0 Å². The van der Waals surface area contributed by atoms with Crippen LogP contribution in [0.2, 0.25) is 0 Å². The first-order chi connectivity index (χ1) is 13.1. The Hall–Kier alpha value is -2.95. The average Bonchev–Trinajstić information content (AvgIpc) is 2.94. The van der Waals surface area contributed by atoms with E-state index in [0.29, 0.717) is 37.1 Å². The molecular weight excluding hydrogens is 340 g/mol. The second kappa shape index (κ2) is 8.62. The van der Waals surface area contributed by atoms with Crippen LogP contribution >= 0.6 is 0 Å². The molecule has 1 atom stereocenters. The summed E-state index contributed by atoms with van der Waals surface area (Å²) >= 11 is 0. The predicted molar refractivity (Wildman–Crippen MR) is 104 cm³/mol. The van der Waals surface area contributed by atoms with Crippen LogP contribution in [0.25, 0.3) is 0 Å². The molecule has 1 unspecified atom stereocenters. The van der Waals surface area contributed by atoms with Crippen molar-refractivity contribution in [2.75, 3.05) is 13.1 Å². The second-order valence-corrected chi connectivity index (χ2v) is 6.68. The van der Waals surface area contributed by atoms with Crippen LogP contribution in [-0.2, 0) is 4.79 Å². The van der Waals surface area contributed by atoms with E-state index < -0.39 is 0 Å². The van der Waals surface area contributed by atoms with Gasteiger partial charge in [0.15, 0.2) is 0 Å². The van der Waals surface area contributed by atoms with Crippen molar-refractivity contribution >= 4 is 17.7 Å². The van der Waals surface area contributed by atoms with E-state index in [0.717, 1.165) is 12.0 Å². The van der Waals surface area contributed by atoms with Gasteiger partial charge in [0.2, 0.25) is 5.91 Å². The summed E-state index contributed by atoms with van der Waals surface area (Å²) in [5.41, 5.74) is 1.97. The lowest BCUT2D eigenvalue weighted by Gasteiger charge is -2.16. The third kappa shape index (κ3) is 4.08. The zero-order valence-electron chi connectivity index (χ0n) is 15.5. The average molecular weight is 364 g/mol. The fraction of sp³-hybridized carbons (Fsp3) is 0.318. The predicted octanol–water partition coefficient (Wildman–Crippen LogP) is 3.37. The summed E-state index contributed by atoms with van der Waals surface area (Å²) in [4.78, 5) is 38.3. The van der Waals surface area contributed by atoms with Crippen LogP contribution in [0.3, 0.4) is 0 Å². The van der Waals surface area contributed by atoms with Gasteiger partial charge in [-0.25, -0.2) is 0 Å². The highest BCUT2D eigenvalue weighted by Gasteiger charge is 2.34. The molecule has 0 spiro atoms. The molecule has 0 aliphatic carbocycles. The normalized spacial score (nSPS) is 14.2. The van der Waals surface area contributed by atoms with E-state index in [4.69, 9.17) is 0 Å². The molecule has 3 rings (SSSR count). The smallest absolute Gasteiger partial charge is 0.261 e. The van der Waals surface area contributed by atoms with E-state index in [-0.39, 0.29) is 23.6 Å². The standard InChI is InChI=1S/C22H24N2O3/c1-2-17(16-10-4-3-5-11-16)20(25)23-14-8-9-15-24-21(26)18-12-6-7-13-19(18)22(24)27/h3-7,10-13,17H,2,8-9,14-15H2,1H3,(H,23,25). The maximum Gasteiger partial charge on any atom is 0.261 e. The highest BCUT2D eigenvalue weighted by molar-refractivity contribution is 6.21. The number of nitrogens with one attached hydrogen (secondary N) is 1. The SMILES string of the molecule is CCC(C(=O)NCCCCN1C(=O)c2ccccc2C1=O)c1ccccc1. The molecule has 0 radical (unpaired) electrons. The van der Waals surface area contributed by atoms with E-state index in [9.17, 15) is 14.4 Å². The first kappa shape index (κ1) is 18.8. The number of hydrogen-bond acceptors (Lipinski definition) is 3. The Bertz CT molecular complexity index is 797. The number of fused-ring (bicyclic) bond motifs is 1. The lowest BCUT2D eigenvalue weighted by Crippen LogP contribution is -2.32. The summed E-state index contributed by atoms with van der Waals surface area (Å²) in [6.45, 7) is 2.91. The molecule has 1 aliphatic heterocycles. The molecule has 0 saturated heterocycles. The molecule has 1 N–H and O–H groups in total. The van der Waals surface area contributed by atoms with Crippen molar-refractivity contribution in [2.24, 2.45) is 0 Å². The first-order valence-electron chi connectivity index (χ1n) is 9.41. The Kier molecular flexibility index (Phi) is 6.01. The zero-order chi connectivity index (χ0) is 19.2. The molecule has 5 heteroatoms. The summed E-state index contributed by atoms with van der Waals surface area (Å²) in [5.74, 6) is -0.587. The van der Waals surface area contributed by atoms with Gasteiger partial charge in [-0.05, 0) is 37.0 Å². The van der Waals surface area contributed by atoms with E-state index in [1.807, 2.05) is 37.3 Å². The van der Waals surface area contributed by atoms with Crippen LogP contribution in [0.15, 0.2) is 54.6 Å². The van der Waals surface area contributed by atoms with Crippen molar-refractivity contribution in [2.45, 2.75) is 32.1 Å². The quantitative estimate of drug-likeness (QED) is 0.577. The number of imide groups is 1.